The topological polar surface area (TPSA) is 74.6 Å². The van der Waals surface area contributed by atoms with Crippen molar-refractivity contribution in [2.45, 2.75) is 56.8 Å². The van der Waals surface area contributed by atoms with E-state index >= 15 is 0 Å². The molecule has 1 aromatic rings. The Bertz CT molecular complexity index is 895. The van der Waals surface area contributed by atoms with Crippen LogP contribution in [0, 0.1) is 0 Å². The van der Waals surface area contributed by atoms with Crippen molar-refractivity contribution in [1.82, 2.24) is 0 Å². The highest BCUT2D eigenvalue weighted by Gasteiger charge is 2.47. The summed E-state index contributed by atoms with van der Waals surface area (Å²) in [4.78, 5) is 23.8. The molecule has 0 spiro atoms. The Hall–Kier alpha value is -2.58. The number of carbonyl (C=O) groups excluding carboxylic acids is 1. The maximum absolute atomic E-state index is 12.3. The van der Waals surface area contributed by atoms with E-state index in [-0.39, 0.29) is 27.7 Å². The van der Waals surface area contributed by atoms with Crippen molar-refractivity contribution in [2.75, 3.05) is 0 Å². The number of carbonyl (C=O) groups is 1. The fraction of sp³-hybridized carbons (Fsp3) is 0.409. The van der Waals surface area contributed by atoms with Crippen molar-refractivity contribution >= 4 is 11.9 Å². The summed E-state index contributed by atoms with van der Waals surface area (Å²) in [6, 6.07) is 3.42. The first-order valence-electron chi connectivity index (χ1n) is 8.80. The lowest BCUT2D eigenvalue weighted by Crippen LogP contribution is -2.39. The SMILES string of the molecule is CC1(C)C=CC(C)(C)c2cc(C3(C(=O)O)C=CCCC3=C=O)c(O)cc21. The van der Waals surface area contributed by atoms with Crippen molar-refractivity contribution in [2.24, 2.45) is 0 Å². The summed E-state index contributed by atoms with van der Waals surface area (Å²) in [5.74, 6) is 0.546. The molecule has 2 aliphatic carbocycles. The number of phenols is 1. The van der Waals surface area contributed by atoms with Gasteiger partial charge in [-0.3, -0.25) is 4.79 Å². The number of aliphatic carboxylic acids is 1. The molecule has 0 aromatic heterocycles. The van der Waals surface area contributed by atoms with Crippen LogP contribution < -0.4 is 0 Å². The zero-order valence-corrected chi connectivity index (χ0v) is 15.6. The van der Waals surface area contributed by atoms with Gasteiger partial charge < -0.3 is 10.2 Å². The summed E-state index contributed by atoms with van der Waals surface area (Å²) in [5, 5.41) is 20.8. The Kier molecular flexibility index (Phi) is 4.01. The normalized spacial score (nSPS) is 25.5. The number of phenolic OH excluding ortho intramolecular Hbond substituents is 1. The number of carboxylic acid groups (broad SMARTS) is 1. The molecule has 4 nitrogen and oxygen atoms in total. The van der Waals surface area contributed by atoms with Gasteiger partial charge >= 0.3 is 5.97 Å². The third kappa shape index (κ3) is 2.45. The molecule has 1 unspecified atom stereocenters. The first kappa shape index (κ1) is 18.2. The lowest BCUT2D eigenvalue weighted by atomic mass is 9.64. The second-order valence-electron chi connectivity index (χ2n) is 8.33. The molecule has 3 rings (SSSR count). The molecule has 1 atom stereocenters. The van der Waals surface area contributed by atoms with Crippen LogP contribution in [0.1, 0.15) is 57.2 Å². The van der Waals surface area contributed by atoms with E-state index in [0.717, 1.165) is 11.1 Å². The maximum Gasteiger partial charge on any atom is 0.323 e. The summed E-state index contributed by atoms with van der Waals surface area (Å²) in [6.45, 7) is 8.22. The Morgan fingerprint density at radius 3 is 2.12 bits per heavy atom. The predicted octanol–water partition coefficient (Wildman–Crippen LogP) is 3.95. The molecule has 0 saturated carbocycles. The van der Waals surface area contributed by atoms with Crippen LogP contribution in [0.4, 0.5) is 0 Å². The van der Waals surface area contributed by atoms with Gasteiger partial charge in [-0.25, -0.2) is 4.79 Å². The molecule has 0 amide bonds. The van der Waals surface area contributed by atoms with E-state index in [4.69, 9.17) is 0 Å². The average Bonchev–Trinajstić information content (AvgIpc) is 2.58. The largest absolute Gasteiger partial charge is 0.508 e. The molecule has 26 heavy (non-hydrogen) atoms. The highest BCUT2D eigenvalue weighted by atomic mass is 16.4. The van der Waals surface area contributed by atoms with E-state index < -0.39 is 11.4 Å². The predicted molar refractivity (Wildman–Crippen MR) is 100 cm³/mol. The quantitative estimate of drug-likeness (QED) is 0.624. The smallest absolute Gasteiger partial charge is 0.323 e. The molecule has 2 N–H and O–H groups in total. The fourth-order valence-corrected chi connectivity index (χ4v) is 4.05. The summed E-state index contributed by atoms with van der Waals surface area (Å²) in [5.41, 5.74) is 0.0501. The van der Waals surface area contributed by atoms with Crippen LogP contribution in [0.5, 0.6) is 5.75 Å². The highest BCUT2D eigenvalue weighted by molar-refractivity contribution is 5.93. The minimum Gasteiger partial charge on any atom is -0.508 e. The van der Waals surface area contributed by atoms with Crippen LogP contribution in [-0.4, -0.2) is 22.1 Å². The number of carboxylic acids is 1. The van der Waals surface area contributed by atoms with Gasteiger partial charge in [-0.05, 0) is 36.1 Å². The van der Waals surface area contributed by atoms with Crippen molar-refractivity contribution in [3.63, 3.8) is 0 Å². The molecule has 1 aromatic carbocycles. The van der Waals surface area contributed by atoms with Crippen molar-refractivity contribution in [3.8, 4) is 5.75 Å². The van der Waals surface area contributed by atoms with Gasteiger partial charge in [0, 0.05) is 22.0 Å². The van der Waals surface area contributed by atoms with Gasteiger partial charge in [0.2, 0.25) is 0 Å². The molecule has 2 aliphatic rings. The van der Waals surface area contributed by atoms with Gasteiger partial charge in [-0.2, -0.15) is 0 Å². The highest BCUT2D eigenvalue weighted by Crippen LogP contribution is 2.48. The molecule has 0 radical (unpaired) electrons. The van der Waals surface area contributed by atoms with Crippen LogP contribution in [0.2, 0.25) is 0 Å². The lowest BCUT2D eigenvalue weighted by molar-refractivity contribution is -0.140. The fourth-order valence-electron chi connectivity index (χ4n) is 4.05. The summed E-state index contributed by atoms with van der Waals surface area (Å²) in [6.07, 6.45) is 8.39. The number of allylic oxidation sites excluding steroid dienone is 3. The molecule has 136 valence electrons. The molecule has 0 fully saturated rings. The van der Waals surface area contributed by atoms with Gasteiger partial charge in [-0.15, -0.1) is 0 Å². The first-order chi connectivity index (χ1) is 12.1. The number of fused-ring (bicyclic) bond motifs is 1. The third-order valence-corrected chi connectivity index (χ3v) is 5.73. The van der Waals surface area contributed by atoms with Crippen molar-refractivity contribution < 1.29 is 19.8 Å². The Labute approximate surface area is 153 Å². The van der Waals surface area contributed by atoms with E-state index in [0.29, 0.717) is 12.8 Å². The second kappa shape index (κ2) is 5.72. The van der Waals surface area contributed by atoms with Gasteiger partial charge in [0.25, 0.3) is 0 Å². The minimum absolute atomic E-state index is 0.107. The van der Waals surface area contributed by atoms with Gasteiger partial charge in [0.1, 0.15) is 17.1 Å². The molecule has 0 heterocycles. The first-order valence-corrected chi connectivity index (χ1v) is 8.80. The van der Waals surface area contributed by atoms with E-state index in [1.54, 1.807) is 18.2 Å². The number of benzene rings is 1. The number of hydrogen-bond donors (Lipinski definition) is 2. The Morgan fingerprint density at radius 1 is 1.00 bits per heavy atom. The van der Waals surface area contributed by atoms with Crippen molar-refractivity contribution in [3.05, 3.63) is 58.7 Å². The molecule has 0 bridgehead atoms. The summed E-state index contributed by atoms with van der Waals surface area (Å²) in [7, 11) is 0. The van der Waals surface area contributed by atoms with Gasteiger partial charge in [-0.1, -0.05) is 52.0 Å². The third-order valence-electron chi connectivity index (χ3n) is 5.73. The van der Waals surface area contributed by atoms with Crippen LogP contribution in [0.25, 0.3) is 0 Å². The average molecular weight is 352 g/mol. The zero-order valence-electron chi connectivity index (χ0n) is 15.6. The van der Waals surface area contributed by atoms with E-state index in [9.17, 15) is 19.8 Å². The summed E-state index contributed by atoms with van der Waals surface area (Å²) >= 11 is 0. The van der Waals surface area contributed by atoms with Gasteiger partial charge in [0.05, 0.1) is 0 Å². The number of aromatic hydroxyl groups is 1. The van der Waals surface area contributed by atoms with Crippen LogP contribution in [0.3, 0.4) is 0 Å². The zero-order chi connectivity index (χ0) is 19.3. The molecule has 4 heteroatoms. The Balaban J connectivity index is 2.37. The monoisotopic (exact) mass is 352 g/mol. The molecular formula is C22H24O4. The lowest BCUT2D eigenvalue weighted by Gasteiger charge is -2.39. The van der Waals surface area contributed by atoms with E-state index in [1.165, 1.54) is 6.08 Å². The number of hydrogen-bond acceptors (Lipinski definition) is 3. The van der Waals surface area contributed by atoms with Crippen LogP contribution >= 0.6 is 0 Å². The van der Waals surface area contributed by atoms with Gasteiger partial charge in [0.15, 0.2) is 0 Å². The second-order valence-corrected chi connectivity index (χ2v) is 8.33. The summed E-state index contributed by atoms with van der Waals surface area (Å²) < 4.78 is 0. The molecular weight excluding hydrogens is 328 g/mol. The Morgan fingerprint density at radius 2 is 1.58 bits per heavy atom. The standard InChI is InChI=1S/C22H24O4/c1-20(2)9-10-21(3,4)16-12-18(24)17(11-15(16)20)22(19(25)26)8-6-5-7-14(22)13-23/h6,8-12,24H,5,7H2,1-4H3,(H,25,26). The van der Waals surface area contributed by atoms with Crippen LogP contribution in [0.15, 0.2) is 42.0 Å². The number of rotatable bonds is 2. The van der Waals surface area contributed by atoms with Crippen molar-refractivity contribution in [1.29, 1.82) is 0 Å². The van der Waals surface area contributed by atoms with E-state index in [2.05, 4.69) is 39.8 Å². The minimum atomic E-state index is -1.67. The molecule has 0 aliphatic heterocycles. The molecule has 0 saturated heterocycles. The maximum atomic E-state index is 12.3. The van der Waals surface area contributed by atoms with Crippen LogP contribution in [-0.2, 0) is 25.8 Å². The van der Waals surface area contributed by atoms with E-state index in [1.807, 2.05) is 5.94 Å².